The number of esters is 1. The highest BCUT2D eigenvalue weighted by Crippen LogP contribution is 2.20. The lowest BCUT2D eigenvalue weighted by molar-refractivity contribution is -0.143. The first-order chi connectivity index (χ1) is 14.6. The zero-order valence-corrected chi connectivity index (χ0v) is 17.1. The molecule has 0 spiro atoms. The first kappa shape index (κ1) is 21.1. The van der Waals surface area contributed by atoms with E-state index in [1.165, 1.54) is 0 Å². The molecule has 7 heteroatoms. The maximum atomic E-state index is 12.3. The number of amides is 1. The molecule has 0 saturated carbocycles. The normalized spacial score (nSPS) is 11.0. The Morgan fingerprint density at radius 1 is 1.10 bits per heavy atom. The molecule has 0 radical (unpaired) electrons. The standard InChI is InChI=1S/C23H25N3O4/c1-3-13-30-19-11-9-17(10-12-19)23(28)25-24-14-18-15-26(16-22(27)29-4-2)21-8-6-5-7-20(18)21/h5-12,14-15H,3-4,13,16H2,1-2H3,(H,25,28)/b24-14+. The van der Waals surface area contributed by atoms with Gasteiger partial charge in [0.25, 0.3) is 5.91 Å². The van der Waals surface area contributed by atoms with E-state index in [4.69, 9.17) is 9.47 Å². The largest absolute Gasteiger partial charge is 0.494 e. The number of carbonyl (C=O) groups excluding carboxylic acids is 2. The highest BCUT2D eigenvalue weighted by Gasteiger charge is 2.11. The van der Waals surface area contributed by atoms with Crippen molar-refractivity contribution in [1.29, 1.82) is 0 Å². The fourth-order valence-electron chi connectivity index (χ4n) is 3.00. The number of benzene rings is 2. The van der Waals surface area contributed by atoms with Crippen molar-refractivity contribution < 1.29 is 19.1 Å². The SMILES string of the molecule is CCCOc1ccc(C(=O)N/N=C/c2cn(CC(=O)OCC)c3ccccc23)cc1. The molecule has 1 amide bonds. The molecule has 0 aliphatic rings. The van der Waals surface area contributed by atoms with Gasteiger partial charge in [-0.1, -0.05) is 25.1 Å². The van der Waals surface area contributed by atoms with Gasteiger partial charge in [-0.25, -0.2) is 5.43 Å². The molecule has 156 valence electrons. The van der Waals surface area contributed by atoms with Crippen LogP contribution in [-0.4, -0.2) is 35.9 Å². The lowest BCUT2D eigenvalue weighted by atomic mass is 10.2. The van der Waals surface area contributed by atoms with Crippen LogP contribution in [0.4, 0.5) is 0 Å². The predicted molar refractivity (Wildman–Crippen MR) is 116 cm³/mol. The number of ether oxygens (including phenoxy) is 2. The number of hydrogen-bond donors (Lipinski definition) is 1. The molecule has 0 atom stereocenters. The second-order valence-electron chi connectivity index (χ2n) is 6.61. The number of para-hydroxylation sites is 1. The molecule has 2 aromatic carbocycles. The van der Waals surface area contributed by atoms with E-state index in [1.807, 2.05) is 42.0 Å². The molecular weight excluding hydrogens is 382 g/mol. The number of hydrogen-bond acceptors (Lipinski definition) is 5. The van der Waals surface area contributed by atoms with Gasteiger partial charge in [0.2, 0.25) is 0 Å². The quantitative estimate of drug-likeness (QED) is 0.333. The van der Waals surface area contributed by atoms with Crippen molar-refractivity contribution in [2.24, 2.45) is 5.10 Å². The third kappa shape index (κ3) is 5.26. The van der Waals surface area contributed by atoms with E-state index < -0.39 is 0 Å². The number of hydrazone groups is 1. The number of rotatable bonds is 9. The first-order valence-corrected chi connectivity index (χ1v) is 9.92. The number of aromatic nitrogens is 1. The van der Waals surface area contributed by atoms with Crippen LogP contribution in [0.15, 0.2) is 59.8 Å². The van der Waals surface area contributed by atoms with Crippen LogP contribution in [-0.2, 0) is 16.1 Å². The van der Waals surface area contributed by atoms with Crippen LogP contribution in [0.1, 0.15) is 36.2 Å². The Hall–Kier alpha value is -3.61. The number of fused-ring (bicyclic) bond motifs is 1. The van der Waals surface area contributed by atoms with Gasteiger partial charge in [0.1, 0.15) is 12.3 Å². The molecule has 3 rings (SSSR count). The summed E-state index contributed by atoms with van der Waals surface area (Å²) in [5.41, 5.74) is 4.70. The fourth-order valence-corrected chi connectivity index (χ4v) is 3.00. The van der Waals surface area contributed by atoms with E-state index in [1.54, 1.807) is 37.4 Å². The molecular formula is C23H25N3O4. The Morgan fingerprint density at radius 3 is 2.60 bits per heavy atom. The van der Waals surface area contributed by atoms with E-state index in [-0.39, 0.29) is 18.4 Å². The summed E-state index contributed by atoms with van der Waals surface area (Å²) in [6.07, 6.45) is 4.31. The molecule has 1 N–H and O–H groups in total. The Labute approximate surface area is 175 Å². The summed E-state index contributed by atoms with van der Waals surface area (Å²) in [6, 6.07) is 14.6. The van der Waals surface area contributed by atoms with Crippen molar-refractivity contribution in [2.45, 2.75) is 26.8 Å². The van der Waals surface area contributed by atoms with Gasteiger partial charge in [0.15, 0.2) is 0 Å². The molecule has 1 aromatic heterocycles. The Morgan fingerprint density at radius 2 is 1.87 bits per heavy atom. The van der Waals surface area contributed by atoms with Gasteiger partial charge in [-0.05, 0) is 43.7 Å². The fraction of sp³-hybridized carbons (Fsp3) is 0.261. The van der Waals surface area contributed by atoms with E-state index in [9.17, 15) is 9.59 Å². The van der Waals surface area contributed by atoms with Gasteiger partial charge in [0.05, 0.1) is 19.4 Å². The molecule has 0 bridgehead atoms. The van der Waals surface area contributed by atoms with Crippen molar-refractivity contribution in [2.75, 3.05) is 13.2 Å². The molecule has 1 heterocycles. The second-order valence-corrected chi connectivity index (χ2v) is 6.61. The predicted octanol–water partition coefficient (Wildman–Crippen LogP) is 3.76. The Bertz CT molecular complexity index is 1040. The van der Waals surface area contributed by atoms with Crippen molar-refractivity contribution in [3.05, 3.63) is 65.9 Å². The molecule has 3 aromatic rings. The molecule has 0 aliphatic heterocycles. The zero-order valence-electron chi connectivity index (χ0n) is 17.1. The minimum atomic E-state index is -0.316. The molecule has 0 aliphatic carbocycles. The van der Waals surface area contributed by atoms with Gasteiger partial charge in [0, 0.05) is 28.2 Å². The third-order valence-corrected chi connectivity index (χ3v) is 4.38. The lowest BCUT2D eigenvalue weighted by Crippen LogP contribution is -2.17. The third-order valence-electron chi connectivity index (χ3n) is 4.38. The van der Waals surface area contributed by atoms with Crippen LogP contribution in [0.2, 0.25) is 0 Å². The van der Waals surface area contributed by atoms with Crippen LogP contribution in [0.25, 0.3) is 10.9 Å². The van der Waals surface area contributed by atoms with E-state index in [0.29, 0.717) is 18.8 Å². The Balaban J connectivity index is 1.69. The number of nitrogens with one attached hydrogen (secondary N) is 1. The smallest absolute Gasteiger partial charge is 0.325 e. The zero-order chi connectivity index (χ0) is 21.3. The molecule has 0 fully saturated rings. The van der Waals surface area contributed by atoms with Crippen LogP contribution in [0.3, 0.4) is 0 Å². The molecule has 0 saturated heterocycles. The number of nitrogens with zero attached hydrogens (tertiary/aromatic N) is 2. The van der Waals surface area contributed by atoms with Crippen LogP contribution in [0.5, 0.6) is 5.75 Å². The van der Waals surface area contributed by atoms with E-state index >= 15 is 0 Å². The van der Waals surface area contributed by atoms with Crippen LogP contribution in [0, 0.1) is 0 Å². The van der Waals surface area contributed by atoms with Crippen molar-refractivity contribution in [1.82, 2.24) is 9.99 Å². The van der Waals surface area contributed by atoms with Gasteiger partial charge in [-0.15, -0.1) is 0 Å². The minimum Gasteiger partial charge on any atom is -0.494 e. The minimum absolute atomic E-state index is 0.112. The summed E-state index contributed by atoms with van der Waals surface area (Å²) in [7, 11) is 0. The lowest BCUT2D eigenvalue weighted by Gasteiger charge is -2.05. The summed E-state index contributed by atoms with van der Waals surface area (Å²) in [6.45, 7) is 4.90. The van der Waals surface area contributed by atoms with Gasteiger partial charge in [-0.3, -0.25) is 9.59 Å². The summed E-state index contributed by atoms with van der Waals surface area (Å²) < 4.78 is 12.4. The molecule has 7 nitrogen and oxygen atoms in total. The average Bonchev–Trinajstić information content (AvgIpc) is 3.10. The van der Waals surface area contributed by atoms with Gasteiger partial charge in [-0.2, -0.15) is 5.10 Å². The molecule has 30 heavy (non-hydrogen) atoms. The maximum Gasteiger partial charge on any atom is 0.325 e. The van der Waals surface area contributed by atoms with E-state index in [2.05, 4.69) is 10.5 Å². The van der Waals surface area contributed by atoms with Crippen LogP contribution < -0.4 is 10.2 Å². The molecule has 0 unspecified atom stereocenters. The monoisotopic (exact) mass is 407 g/mol. The highest BCUT2D eigenvalue weighted by atomic mass is 16.5. The van der Waals surface area contributed by atoms with Crippen LogP contribution >= 0.6 is 0 Å². The average molecular weight is 407 g/mol. The summed E-state index contributed by atoms with van der Waals surface area (Å²) in [4.78, 5) is 24.2. The topological polar surface area (TPSA) is 81.9 Å². The van der Waals surface area contributed by atoms with Crippen molar-refractivity contribution >= 4 is 29.0 Å². The maximum absolute atomic E-state index is 12.3. The van der Waals surface area contributed by atoms with Crippen molar-refractivity contribution in [3.8, 4) is 5.75 Å². The second kappa shape index (κ2) is 10.2. The first-order valence-electron chi connectivity index (χ1n) is 9.92. The summed E-state index contributed by atoms with van der Waals surface area (Å²) in [5, 5.41) is 5.01. The summed E-state index contributed by atoms with van der Waals surface area (Å²) in [5.74, 6) is 0.108. The Kier molecular flexibility index (Phi) is 7.21. The van der Waals surface area contributed by atoms with Gasteiger partial charge < -0.3 is 14.0 Å². The van der Waals surface area contributed by atoms with E-state index in [0.717, 1.165) is 28.6 Å². The summed E-state index contributed by atoms with van der Waals surface area (Å²) >= 11 is 0. The van der Waals surface area contributed by atoms with Crippen molar-refractivity contribution in [3.63, 3.8) is 0 Å². The number of carbonyl (C=O) groups is 2. The van der Waals surface area contributed by atoms with Gasteiger partial charge >= 0.3 is 5.97 Å². The highest BCUT2D eigenvalue weighted by molar-refractivity contribution is 6.01.